The smallest absolute Gasteiger partial charge is 0.191 e. The van der Waals surface area contributed by atoms with Gasteiger partial charge in [-0.15, -0.1) is 24.0 Å². The monoisotopic (exact) mass is 511 g/mol. The molecule has 0 amide bonds. The van der Waals surface area contributed by atoms with Crippen LogP contribution in [0.4, 0.5) is 0 Å². The lowest BCUT2D eigenvalue weighted by molar-refractivity contribution is 0.0258. The summed E-state index contributed by atoms with van der Waals surface area (Å²) in [7, 11) is -1.26. The van der Waals surface area contributed by atoms with Gasteiger partial charge in [-0.05, 0) is 30.4 Å². The van der Waals surface area contributed by atoms with Gasteiger partial charge in [0.25, 0.3) is 0 Å². The van der Waals surface area contributed by atoms with Crippen LogP contribution < -0.4 is 10.6 Å². The lowest BCUT2D eigenvalue weighted by atomic mass is 10.0. The summed E-state index contributed by atoms with van der Waals surface area (Å²) in [5.41, 5.74) is 1.87. The third-order valence-corrected chi connectivity index (χ3v) is 4.84. The number of ether oxygens (including phenoxy) is 1. The summed E-state index contributed by atoms with van der Waals surface area (Å²) < 4.78 is 28.4. The van der Waals surface area contributed by atoms with E-state index in [-0.39, 0.29) is 35.8 Å². The summed E-state index contributed by atoms with van der Waals surface area (Å²) in [5.74, 6) is 1.29. The van der Waals surface area contributed by atoms with E-state index in [1.807, 2.05) is 31.2 Å². The predicted octanol–water partition coefficient (Wildman–Crippen LogP) is 2.97. The van der Waals surface area contributed by atoms with Crippen LogP contribution in [0.25, 0.3) is 0 Å². The molecule has 0 aliphatic carbocycles. The number of rotatable bonds is 10. The van der Waals surface area contributed by atoms with Crippen molar-refractivity contribution >= 4 is 39.8 Å². The fourth-order valence-electron chi connectivity index (χ4n) is 2.62. The minimum atomic E-state index is -3.00. The largest absolute Gasteiger partial charge is 0.378 e. The van der Waals surface area contributed by atoms with Crippen LogP contribution in [0.1, 0.15) is 38.3 Å². The van der Waals surface area contributed by atoms with E-state index in [4.69, 9.17) is 4.74 Å². The highest BCUT2D eigenvalue weighted by Crippen LogP contribution is 2.10. The van der Waals surface area contributed by atoms with E-state index in [0.717, 1.165) is 36.7 Å². The van der Waals surface area contributed by atoms with Gasteiger partial charge >= 0.3 is 0 Å². The zero-order valence-corrected chi connectivity index (χ0v) is 20.1. The molecule has 0 spiro atoms. The Morgan fingerprint density at radius 1 is 1.15 bits per heavy atom. The molecular weight excluding hydrogens is 477 g/mol. The van der Waals surface area contributed by atoms with Gasteiger partial charge < -0.3 is 15.4 Å². The minimum absolute atomic E-state index is 0. The summed E-state index contributed by atoms with van der Waals surface area (Å²) in [4.78, 5) is 4.23. The number of aliphatic imine (C=N–C) groups is 1. The van der Waals surface area contributed by atoms with Gasteiger partial charge in [0, 0.05) is 33.0 Å². The van der Waals surface area contributed by atoms with Crippen LogP contribution in [0, 0.1) is 5.92 Å². The highest BCUT2D eigenvalue weighted by molar-refractivity contribution is 14.0. The molecule has 1 rings (SSSR count). The fraction of sp³-hybridized carbons (Fsp3) is 0.632. The van der Waals surface area contributed by atoms with Crippen molar-refractivity contribution in [1.82, 2.24) is 10.6 Å². The second-order valence-electron chi connectivity index (χ2n) is 6.77. The second kappa shape index (κ2) is 13.3. The third-order valence-electron chi connectivity index (χ3n) is 3.98. The number of halogens is 1. The third kappa shape index (κ3) is 11.5. The maximum absolute atomic E-state index is 11.3. The van der Waals surface area contributed by atoms with E-state index in [9.17, 15) is 8.42 Å². The molecule has 2 N–H and O–H groups in total. The number of sulfone groups is 1. The van der Waals surface area contributed by atoms with Crippen LogP contribution in [0.5, 0.6) is 0 Å². The SMILES string of the molecule is CCOC(CCNC(=NC)NCc1ccc(CS(C)(=O)=O)cc1)C(C)C.I. The van der Waals surface area contributed by atoms with Gasteiger partial charge in [-0.1, -0.05) is 38.1 Å². The summed E-state index contributed by atoms with van der Waals surface area (Å²) >= 11 is 0. The number of hydrogen-bond donors (Lipinski definition) is 2. The molecule has 0 saturated carbocycles. The van der Waals surface area contributed by atoms with Crippen LogP contribution in [-0.4, -0.2) is 46.9 Å². The Balaban J connectivity index is 0.00000676. The molecule has 1 unspecified atom stereocenters. The Bertz CT molecular complexity index is 661. The van der Waals surface area contributed by atoms with Crippen molar-refractivity contribution in [1.29, 1.82) is 0 Å². The number of nitrogens with zero attached hydrogens (tertiary/aromatic N) is 1. The summed E-state index contributed by atoms with van der Waals surface area (Å²) in [5, 5.41) is 6.57. The number of benzene rings is 1. The molecule has 0 radical (unpaired) electrons. The van der Waals surface area contributed by atoms with Crippen molar-refractivity contribution in [2.75, 3.05) is 26.5 Å². The predicted molar refractivity (Wildman–Crippen MR) is 123 cm³/mol. The Labute approximate surface area is 181 Å². The van der Waals surface area contributed by atoms with Crippen LogP contribution in [0.2, 0.25) is 0 Å². The first kappa shape index (κ1) is 26.1. The molecule has 1 aromatic rings. The highest BCUT2D eigenvalue weighted by atomic mass is 127. The lowest BCUT2D eigenvalue weighted by Crippen LogP contribution is -2.38. The summed E-state index contributed by atoms with van der Waals surface area (Å²) in [6.07, 6.45) is 2.41. The molecule has 8 heteroatoms. The Hall–Kier alpha value is -0.870. The van der Waals surface area contributed by atoms with Gasteiger partial charge in [0.15, 0.2) is 15.8 Å². The first-order valence-corrected chi connectivity index (χ1v) is 11.1. The maximum Gasteiger partial charge on any atom is 0.191 e. The average molecular weight is 511 g/mol. The van der Waals surface area contributed by atoms with E-state index in [0.29, 0.717) is 12.5 Å². The number of hydrogen-bond acceptors (Lipinski definition) is 4. The first-order valence-electron chi connectivity index (χ1n) is 9.06. The second-order valence-corrected chi connectivity index (χ2v) is 8.91. The Morgan fingerprint density at radius 3 is 2.22 bits per heavy atom. The molecule has 0 bridgehead atoms. The molecule has 156 valence electrons. The van der Waals surface area contributed by atoms with Crippen LogP contribution in [-0.2, 0) is 26.9 Å². The number of guanidine groups is 1. The quantitative estimate of drug-likeness (QED) is 0.287. The molecule has 0 aromatic heterocycles. The maximum atomic E-state index is 11.3. The van der Waals surface area contributed by atoms with E-state index in [1.54, 1.807) is 7.05 Å². The van der Waals surface area contributed by atoms with E-state index in [1.165, 1.54) is 6.26 Å². The highest BCUT2D eigenvalue weighted by Gasteiger charge is 2.13. The van der Waals surface area contributed by atoms with Crippen LogP contribution in [0.3, 0.4) is 0 Å². The molecular formula is C19H34IN3O3S. The zero-order chi connectivity index (χ0) is 19.6. The standard InChI is InChI=1S/C19H33N3O3S.HI/c1-6-25-18(15(2)3)11-12-21-19(20-4)22-13-16-7-9-17(10-8-16)14-26(5,23)24;/h7-10,15,18H,6,11-14H2,1-5H3,(H2,20,21,22);1H. The molecule has 0 saturated heterocycles. The van der Waals surface area contributed by atoms with Gasteiger partial charge in [0.1, 0.15) is 0 Å². The topological polar surface area (TPSA) is 79.8 Å². The van der Waals surface area contributed by atoms with Crippen molar-refractivity contribution < 1.29 is 13.2 Å². The van der Waals surface area contributed by atoms with Gasteiger partial charge in [-0.25, -0.2) is 8.42 Å². The molecule has 0 heterocycles. The van der Waals surface area contributed by atoms with Gasteiger partial charge in [0.2, 0.25) is 0 Å². The average Bonchev–Trinajstić information content (AvgIpc) is 2.56. The van der Waals surface area contributed by atoms with E-state index < -0.39 is 9.84 Å². The summed E-state index contributed by atoms with van der Waals surface area (Å²) in [6, 6.07) is 7.57. The Kier molecular flexibility index (Phi) is 12.9. The molecule has 6 nitrogen and oxygen atoms in total. The van der Waals surface area contributed by atoms with Crippen molar-refractivity contribution in [3.05, 3.63) is 35.4 Å². The fourth-order valence-corrected chi connectivity index (χ4v) is 3.42. The van der Waals surface area contributed by atoms with Crippen LogP contribution in [0.15, 0.2) is 29.3 Å². The summed E-state index contributed by atoms with van der Waals surface area (Å²) in [6.45, 7) is 8.49. The molecule has 0 aliphatic rings. The van der Waals surface area contributed by atoms with Gasteiger partial charge in [-0.2, -0.15) is 0 Å². The number of nitrogens with one attached hydrogen (secondary N) is 2. The van der Waals surface area contributed by atoms with E-state index in [2.05, 4.69) is 29.5 Å². The van der Waals surface area contributed by atoms with Crippen LogP contribution >= 0.6 is 24.0 Å². The van der Waals surface area contributed by atoms with Crippen molar-refractivity contribution in [3.8, 4) is 0 Å². The van der Waals surface area contributed by atoms with Crippen molar-refractivity contribution in [2.24, 2.45) is 10.9 Å². The minimum Gasteiger partial charge on any atom is -0.378 e. The van der Waals surface area contributed by atoms with Gasteiger partial charge in [-0.3, -0.25) is 4.99 Å². The molecule has 0 fully saturated rings. The Morgan fingerprint density at radius 2 is 1.74 bits per heavy atom. The molecule has 1 atom stereocenters. The zero-order valence-electron chi connectivity index (χ0n) is 17.0. The molecule has 1 aromatic carbocycles. The van der Waals surface area contributed by atoms with Gasteiger partial charge in [0.05, 0.1) is 11.9 Å². The van der Waals surface area contributed by atoms with E-state index >= 15 is 0 Å². The molecule has 27 heavy (non-hydrogen) atoms. The van der Waals surface area contributed by atoms with Crippen molar-refractivity contribution in [3.63, 3.8) is 0 Å². The molecule has 0 aliphatic heterocycles. The lowest BCUT2D eigenvalue weighted by Gasteiger charge is -2.21. The van der Waals surface area contributed by atoms with Crippen molar-refractivity contribution in [2.45, 2.75) is 45.6 Å². The normalized spacial score (nSPS) is 13.2. The first-order chi connectivity index (χ1) is 12.2.